The number of nitrogens with zero attached hydrogens (tertiary/aromatic N) is 2. The molecule has 2 saturated carbocycles. The SMILES string of the molecule is C=C1CCC[C@]2(C)C[C@H]3OC(=O)C(CN(CCCN4CCOCC4)Cc4cccc(OC)c4OC)[C@H]3C[C@@H]12.O=C(O)C(=O)O. The molecule has 44 heavy (non-hydrogen) atoms. The minimum atomic E-state index is -1.82. The quantitative estimate of drug-likeness (QED) is 0.226. The number of rotatable bonds is 10. The molecular formula is C33H48N2O9. The van der Waals surface area contributed by atoms with Gasteiger partial charge < -0.3 is 29.2 Å². The first-order valence-electron chi connectivity index (χ1n) is 15.6. The molecule has 0 radical (unpaired) electrons. The maximum Gasteiger partial charge on any atom is 0.414 e. The Morgan fingerprint density at radius 1 is 1.16 bits per heavy atom. The van der Waals surface area contributed by atoms with Crippen molar-refractivity contribution in [2.45, 2.75) is 58.1 Å². The summed E-state index contributed by atoms with van der Waals surface area (Å²) in [4.78, 5) is 36.4. The molecule has 5 atom stereocenters. The fourth-order valence-corrected chi connectivity index (χ4v) is 7.64. The molecule has 0 bridgehead atoms. The predicted octanol–water partition coefficient (Wildman–Crippen LogP) is 3.70. The van der Waals surface area contributed by atoms with Gasteiger partial charge in [-0.25, -0.2) is 9.59 Å². The van der Waals surface area contributed by atoms with Crippen LogP contribution in [0.4, 0.5) is 0 Å². The van der Waals surface area contributed by atoms with E-state index in [0.717, 1.165) is 82.1 Å². The Balaban J connectivity index is 0.000000670. The van der Waals surface area contributed by atoms with Gasteiger partial charge in [0.1, 0.15) is 6.10 Å². The summed E-state index contributed by atoms with van der Waals surface area (Å²) in [7, 11) is 3.37. The second-order valence-corrected chi connectivity index (χ2v) is 12.7. The summed E-state index contributed by atoms with van der Waals surface area (Å²) in [5.74, 6) is -1.48. The van der Waals surface area contributed by atoms with Crippen LogP contribution in [0.2, 0.25) is 0 Å². The molecule has 1 aromatic carbocycles. The molecule has 0 spiro atoms. The summed E-state index contributed by atoms with van der Waals surface area (Å²) in [6.45, 7) is 13.8. The zero-order valence-electron chi connectivity index (χ0n) is 26.3. The summed E-state index contributed by atoms with van der Waals surface area (Å²) in [5.41, 5.74) is 2.69. The van der Waals surface area contributed by atoms with Gasteiger partial charge in [0, 0.05) is 37.7 Å². The fourth-order valence-electron chi connectivity index (χ4n) is 7.64. The molecule has 1 unspecified atom stereocenters. The van der Waals surface area contributed by atoms with E-state index in [-0.39, 0.29) is 29.3 Å². The van der Waals surface area contributed by atoms with Crippen molar-refractivity contribution in [2.75, 3.05) is 60.2 Å². The summed E-state index contributed by atoms with van der Waals surface area (Å²) >= 11 is 0. The molecule has 2 heterocycles. The number of carboxylic acids is 2. The van der Waals surface area contributed by atoms with Crippen molar-refractivity contribution in [1.82, 2.24) is 9.80 Å². The van der Waals surface area contributed by atoms with E-state index in [4.69, 9.17) is 38.7 Å². The van der Waals surface area contributed by atoms with Gasteiger partial charge >= 0.3 is 17.9 Å². The number of aliphatic carboxylic acids is 2. The van der Waals surface area contributed by atoms with E-state index in [2.05, 4.69) is 29.4 Å². The number of allylic oxidation sites excluding steroid dienone is 1. The standard InChI is InChI=1S/C31H46N2O5.C2H2O4/c1-22-8-6-11-31(2)19-28-24(18-26(22)31)25(30(34)38-28)21-33(13-7-12-32-14-16-37-17-15-32)20-23-9-5-10-27(35-3)29(23)36-4;3-1(4)2(5)6/h5,9-10,24-26,28H,1,6-8,11-21H2,2-4H3;(H,3,4)(H,5,6)/t24-,25?,26+,28-,31-;/m1./s1. The second-order valence-electron chi connectivity index (χ2n) is 12.7. The molecule has 244 valence electrons. The number of para-hydroxylation sites is 1. The highest BCUT2D eigenvalue weighted by Gasteiger charge is 2.55. The van der Waals surface area contributed by atoms with Gasteiger partial charge in [0.2, 0.25) is 0 Å². The summed E-state index contributed by atoms with van der Waals surface area (Å²) < 4.78 is 22.9. The van der Waals surface area contributed by atoms with Crippen molar-refractivity contribution in [3.8, 4) is 11.5 Å². The molecule has 0 amide bonds. The zero-order chi connectivity index (χ0) is 31.9. The number of methoxy groups -OCH3 is 2. The highest BCUT2D eigenvalue weighted by molar-refractivity contribution is 6.27. The highest BCUT2D eigenvalue weighted by Crippen LogP contribution is 2.57. The van der Waals surface area contributed by atoms with Crippen LogP contribution < -0.4 is 9.47 Å². The molecule has 0 aromatic heterocycles. The number of benzene rings is 1. The monoisotopic (exact) mass is 616 g/mol. The minimum Gasteiger partial charge on any atom is -0.493 e. The number of hydrogen-bond acceptors (Lipinski definition) is 9. The third-order valence-corrected chi connectivity index (χ3v) is 9.89. The number of carbonyl (C=O) groups is 3. The maximum atomic E-state index is 13.3. The van der Waals surface area contributed by atoms with Gasteiger partial charge in [0.05, 0.1) is 33.4 Å². The minimum absolute atomic E-state index is 0.0105. The van der Waals surface area contributed by atoms with E-state index in [1.54, 1.807) is 14.2 Å². The fraction of sp³-hybridized carbons (Fsp3) is 0.667. The largest absolute Gasteiger partial charge is 0.493 e. The van der Waals surface area contributed by atoms with Crippen LogP contribution >= 0.6 is 0 Å². The second kappa shape index (κ2) is 15.2. The third-order valence-electron chi connectivity index (χ3n) is 9.89. The lowest BCUT2D eigenvalue weighted by atomic mass is 9.55. The third kappa shape index (κ3) is 8.11. The lowest BCUT2D eigenvalue weighted by molar-refractivity contribution is -0.159. The molecule has 4 fully saturated rings. The Kier molecular flexibility index (Phi) is 11.7. The number of esters is 1. The molecule has 1 aromatic rings. The number of hydrogen-bond donors (Lipinski definition) is 2. The van der Waals surface area contributed by atoms with Crippen LogP contribution in [0.3, 0.4) is 0 Å². The average molecular weight is 617 g/mol. The van der Waals surface area contributed by atoms with Crippen LogP contribution in [0.1, 0.15) is 51.0 Å². The van der Waals surface area contributed by atoms with E-state index in [9.17, 15) is 4.79 Å². The number of carboxylic acid groups (broad SMARTS) is 2. The molecule has 4 aliphatic rings. The van der Waals surface area contributed by atoms with Gasteiger partial charge in [-0.1, -0.05) is 31.2 Å². The van der Waals surface area contributed by atoms with Gasteiger partial charge in [-0.15, -0.1) is 0 Å². The van der Waals surface area contributed by atoms with Gasteiger partial charge in [-0.2, -0.15) is 0 Å². The van der Waals surface area contributed by atoms with E-state index in [0.29, 0.717) is 19.0 Å². The highest BCUT2D eigenvalue weighted by atomic mass is 16.6. The van der Waals surface area contributed by atoms with Gasteiger partial charge in [0.25, 0.3) is 0 Å². The van der Waals surface area contributed by atoms with Crippen LogP contribution in [0.25, 0.3) is 0 Å². The molecule has 2 aliphatic heterocycles. The van der Waals surface area contributed by atoms with Crippen molar-refractivity contribution < 1.29 is 43.5 Å². The number of morpholine rings is 1. The van der Waals surface area contributed by atoms with Crippen LogP contribution in [0.15, 0.2) is 30.4 Å². The van der Waals surface area contributed by atoms with Crippen molar-refractivity contribution in [3.63, 3.8) is 0 Å². The van der Waals surface area contributed by atoms with Crippen LogP contribution in [0, 0.1) is 23.2 Å². The molecular weight excluding hydrogens is 568 g/mol. The number of fused-ring (bicyclic) bond motifs is 2. The smallest absolute Gasteiger partial charge is 0.414 e. The summed E-state index contributed by atoms with van der Waals surface area (Å²) in [5, 5.41) is 14.8. The Morgan fingerprint density at radius 2 is 1.89 bits per heavy atom. The van der Waals surface area contributed by atoms with E-state index in [1.165, 1.54) is 18.4 Å². The Bertz CT molecular complexity index is 1170. The maximum absolute atomic E-state index is 13.3. The number of ether oxygens (including phenoxy) is 4. The molecule has 2 N–H and O–H groups in total. The summed E-state index contributed by atoms with van der Waals surface area (Å²) in [6.07, 6.45) is 6.64. The molecule has 5 rings (SSSR count). The van der Waals surface area contributed by atoms with Crippen molar-refractivity contribution in [1.29, 1.82) is 0 Å². The first kappa shape index (κ1) is 33.7. The molecule has 11 heteroatoms. The van der Waals surface area contributed by atoms with E-state index >= 15 is 0 Å². The normalized spacial score (nSPS) is 28.3. The summed E-state index contributed by atoms with van der Waals surface area (Å²) in [6, 6.07) is 6.05. The van der Waals surface area contributed by atoms with Gasteiger partial charge in [-0.05, 0) is 69.0 Å². The number of carbonyl (C=O) groups excluding carboxylic acids is 1. The zero-order valence-corrected chi connectivity index (χ0v) is 26.3. The lowest BCUT2D eigenvalue weighted by Gasteiger charge is -2.50. The van der Waals surface area contributed by atoms with Gasteiger partial charge in [0.15, 0.2) is 11.5 Å². The van der Waals surface area contributed by atoms with Crippen molar-refractivity contribution >= 4 is 17.9 Å². The molecule has 2 aliphatic carbocycles. The topological polar surface area (TPSA) is 135 Å². The Labute approximate surface area is 260 Å². The van der Waals surface area contributed by atoms with E-state index in [1.807, 2.05) is 12.1 Å². The first-order valence-corrected chi connectivity index (χ1v) is 15.6. The van der Waals surface area contributed by atoms with E-state index < -0.39 is 11.9 Å². The Morgan fingerprint density at radius 3 is 2.55 bits per heavy atom. The molecule has 11 nitrogen and oxygen atoms in total. The lowest BCUT2D eigenvalue weighted by Crippen LogP contribution is -2.45. The van der Waals surface area contributed by atoms with Crippen molar-refractivity contribution in [2.24, 2.45) is 23.2 Å². The van der Waals surface area contributed by atoms with Gasteiger partial charge in [-0.3, -0.25) is 14.6 Å². The van der Waals surface area contributed by atoms with Crippen LogP contribution in [-0.4, -0.2) is 104 Å². The predicted molar refractivity (Wildman–Crippen MR) is 163 cm³/mol. The van der Waals surface area contributed by atoms with Crippen LogP contribution in [0.5, 0.6) is 11.5 Å². The van der Waals surface area contributed by atoms with Crippen LogP contribution in [-0.2, 0) is 30.4 Å². The van der Waals surface area contributed by atoms with Crippen molar-refractivity contribution in [3.05, 3.63) is 35.9 Å². The Hall–Kier alpha value is -3.15. The average Bonchev–Trinajstić information content (AvgIpc) is 3.29. The molecule has 2 saturated heterocycles. The first-order chi connectivity index (χ1) is 21.1.